The molecule has 1 aromatic heterocycles. The molecule has 14 heteroatoms. The van der Waals surface area contributed by atoms with E-state index in [1.807, 2.05) is 41.5 Å². The van der Waals surface area contributed by atoms with Gasteiger partial charge in [0, 0.05) is 69.7 Å². The summed E-state index contributed by atoms with van der Waals surface area (Å²) < 4.78 is 13.5. The van der Waals surface area contributed by atoms with Gasteiger partial charge in [-0.1, -0.05) is 104 Å². The Morgan fingerprint density at radius 2 is 0.826 bits per heavy atom. The number of rotatable bonds is 23. The predicted octanol–water partition coefficient (Wildman–Crippen LogP) is 12.3. The normalized spacial score (nSPS) is 9.52. The number of Topliss-reactive ketones (excluding diaryl/α,β-unsaturated/α-hetero) is 1. The number of allylic oxidation sites excluding steroid dienone is 2. The molecule has 1 heterocycles. The number of benzene rings is 1. The third kappa shape index (κ3) is 33.0. The number of carbonyl (C=O) groups excluding carboxylic acids is 3. The zero-order chi connectivity index (χ0) is 52.5. The van der Waals surface area contributed by atoms with Crippen molar-refractivity contribution in [2.24, 2.45) is 0 Å². The minimum Gasteiger partial charge on any atom is -0.499 e. The number of nitrogens with one attached hydrogen (secondary N) is 2. The summed E-state index contributed by atoms with van der Waals surface area (Å²) >= 11 is 1.77. The van der Waals surface area contributed by atoms with E-state index in [1.54, 1.807) is 49.2 Å². The fourth-order valence-corrected chi connectivity index (χ4v) is 7.32. The monoisotopic (exact) mass is 996 g/mol. The first-order valence-electron chi connectivity index (χ1n) is 25.1. The Hall–Kier alpha value is -4.33. The molecule has 69 heavy (non-hydrogen) atoms. The SMILES string of the molecule is C.C.C=C(CC)OCC.C=C(CC)OCCSCCC(=O)CCC.CCC.CCCC(=O)NNC(=O)CCC.CCc1c(C)c(CC)c(C)c(CC)c1C.CCn1c(=O)n(CC)c(=O)n(CC)c1=O. The van der Waals surface area contributed by atoms with Crippen LogP contribution in [0.15, 0.2) is 39.1 Å². The van der Waals surface area contributed by atoms with Gasteiger partial charge < -0.3 is 9.47 Å². The third-order valence-corrected chi connectivity index (χ3v) is 11.1. The molecule has 404 valence electrons. The van der Waals surface area contributed by atoms with E-state index in [1.165, 1.54) is 23.1 Å². The number of hydrogen-bond donors (Lipinski definition) is 2. The van der Waals surface area contributed by atoms with Crippen LogP contribution in [0.3, 0.4) is 0 Å². The van der Waals surface area contributed by atoms with E-state index in [2.05, 4.69) is 79.4 Å². The van der Waals surface area contributed by atoms with Gasteiger partial charge in [-0.3, -0.25) is 25.2 Å². The maximum absolute atomic E-state index is 11.7. The Morgan fingerprint density at radius 1 is 0.507 bits per heavy atom. The standard InChI is InChI=1S/C15H24.C12H22O2S.C9H15N3O3.C8H16N2O2.C6H12O.C3H8.2CH4/c1-7-13-10(4)14(8-2)12(6)15(9-3)11(13)5;1-4-6-12(13)7-9-15-10-8-14-11(3)5-2;1-4-10-7(13)11(5-2)9(15)12(6-3)8(10)14;1-3-5-7(11)9-10-8(12)6-4-2;1-4-6(3)7-5-2;1-3-2;;/h7-9H2,1-6H3;3-10H2,1-2H3;4-6H2,1-3H3;3-6H2,1-2H3,(H,9,11)(H,10,12);3-5H2,1-2H3;3H2,1-2H3;2*1H4. The highest BCUT2D eigenvalue weighted by molar-refractivity contribution is 7.99. The molecule has 0 aliphatic carbocycles. The van der Waals surface area contributed by atoms with Crippen molar-refractivity contribution >= 4 is 29.4 Å². The Bertz CT molecular complexity index is 1680. The largest absolute Gasteiger partial charge is 0.499 e. The minimum atomic E-state index is -0.528. The average Bonchev–Trinajstić information content (AvgIpc) is 3.29. The molecule has 0 radical (unpaired) electrons. The van der Waals surface area contributed by atoms with Crippen molar-refractivity contribution in [3.8, 4) is 0 Å². The zero-order valence-electron chi connectivity index (χ0n) is 45.6. The van der Waals surface area contributed by atoms with Crippen LogP contribution in [0.5, 0.6) is 0 Å². The maximum atomic E-state index is 11.7. The van der Waals surface area contributed by atoms with Crippen LogP contribution in [0.4, 0.5) is 0 Å². The highest BCUT2D eigenvalue weighted by Gasteiger charge is 2.14. The summed E-state index contributed by atoms with van der Waals surface area (Å²) in [6.45, 7) is 44.6. The van der Waals surface area contributed by atoms with Crippen molar-refractivity contribution in [3.05, 3.63) is 89.5 Å². The van der Waals surface area contributed by atoms with Crippen molar-refractivity contribution in [1.29, 1.82) is 0 Å². The van der Waals surface area contributed by atoms with Gasteiger partial charge >= 0.3 is 17.1 Å². The zero-order valence-corrected chi connectivity index (χ0v) is 46.4. The van der Waals surface area contributed by atoms with Crippen LogP contribution in [0.25, 0.3) is 0 Å². The first-order valence-corrected chi connectivity index (χ1v) is 26.3. The van der Waals surface area contributed by atoms with E-state index >= 15 is 0 Å². The molecule has 0 saturated heterocycles. The van der Waals surface area contributed by atoms with Gasteiger partial charge in [-0.05, 0) is 120 Å². The second-order valence-corrected chi connectivity index (χ2v) is 16.7. The molecule has 0 bridgehead atoms. The van der Waals surface area contributed by atoms with E-state index in [-0.39, 0.29) is 46.3 Å². The van der Waals surface area contributed by atoms with Gasteiger partial charge in [-0.15, -0.1) is 0 Å². The fourth-order valence-electron chi connectivity index (χ4n) is 6.54. The Kier molecular flexibility index (Phi) is 53.7. The second kappa shape index (κ2) is 48.7. The molecule has 2 amide bonds. The van der Waals surface area contributed by atoms with Crippen LogP contribution >= 0.6 is 11.8 Å². The van der Waals surface area contributed by atoms with Crippen LogP contribution in [-0.2, 0) is 62.8 Å². The average molecular weight is 997 g/mol. The Balaban J connectivity index is -0.000000179. The quantitative estimate of drug-likeness (QED) is 0.0627. The summed E-state index contributed by atoms with van der Waals surface area (Å²) in [7, 11) is 0. The molecule has 0 aliphatic heterocycles. The fraction of sp³-hybridized carbons (Fsp3) is 0.709. The number of ether oxygens (including phenoxy) is 2. The van der Waals surface area contributed by atoms with Crippen molar-refractivity contribution in [2.75, 3.05) is 24.7 Å². The first-order chi connectivity index (χ1) is 31.8. The summed E-state index contributed by atoms with van der Waals surface area (Å²) in [4.78, 5) is 67.8. The lowest BCUT2D eigenvalue weighted by molar-refractivity contribution is -0.128. The van der Waals surface area contributed by atoms with Gasteiger partial charge in [0.15, 0.2) is 0 Å². The number of nitrogens with zero attached hydrogens (tertiary/aromatic N) is 3. The number of hydrazine groups is 1. The van der Waals surface area contributed by atoms with Gasteiger partial charge in [-0.25, -0.2) is 28.1 Å². The number of amides is 2. The molecule has 2 N–H and O–H groups in total. The maximum Gasteiger partial charge on any atom is 0.336 e. The molecular formula is C55H105N5O8S. The Labute approximate surface area is 426 Å². The smallest absolute Gasteiger partial charge is 0.336 e. The number of aromatic nitrogens is 3. The van der Waals surface area contributed by atoms with Gasteiger partial charge in [-0.2, -0.15) is 11.8 Å². The Morgan fingerprint density at radius 3 is 1.07 bits per heavy atom. The third-order valence-electron chi connectivity index (χ3n) is 10.1. The molecule has 13 nitrogen and oxygen atoms in total. The van der Waals surface area contributed by atoms with Gasteiger partial charge in [0.05, 0.1) is 24.7 Å². The molecule has 2 rings (SSSR count). The molecule has 1 aromatic carbocycles. The van der Waals surface area contributed by atoms with E-state index in [0.29, 0.717) is 31.7 Å². The molecular weight excluding hydrogens is 891 g/mol. The van der Waals surface area contributed by atoms with Crippen molar-refractivity contribution < 1.29 is 23.9 Å². The molecule has 0 unspecified atom stereocenters. The summed E-state index contributed by atoms with van der Waals surface area (Å²) in [5.41, 5.74) is 12.4. The predicted molar refractivity (Wildman–Crippen MR) is 299 cm³/mol. The van der Waals surface area contributed by atoms with E-state index < -0.39 is 17.1 Å². The number of thioether (sulfide) groups is 1. The van der Waals surface area contributed by atoms with Gasteiger partial charge in [0.1, 0.15) is 5.78 Å². The van der Waals surface area contributed by atoms with Gasteiger partial charge in [0.2, 0.25) is 11.8 Å². The van der Waals surface area contributed by atoms with Crippen LogP contribution in [-0.4, -0.2) is 56.0 Å². The van der Waals surface area contributed by atoms with Crippen molar-refractivity contribution in [2.45, 2.75) is 236 Å². The van der Waals surface area contributed by atoms with E-state index in [4.69, 9.17) is 9.47 Å². The second-order valence-electron chi connectivity index (χ2n) is 15.5. The number of carbonyl (C=O) groups is 3. The van der Waals surface area contributed by atoms with Crippen LogP contribution < -0.4 is 27.9 Å². The lowest BCUT2D eigenvalue weighted by atomic mass is 9.85. The van der Waals surface area contributed by atoms with Crippen molar-refractivity contribution in [3.63, 3.8) is 0 Å². The highest BCUT2D eigenvalue weighted by atomic mass is 32.2. The lowest BCUT2D eigenvalue weighted by Crippen LogP contribution is -2.53. The van der Waals surface area contributed by atoms with Gasteiger partial charge in [0.25, 0.3) is 0 Å². The minimum absolute atomic E-state index is 0. The summed E-state index contributed by atoms with van der Waals surface area (Å²) in [5, 5.41) is 0. The van der Waals surface area contributed by atoms with Crippen LogP contribution in [0.1, 0.15) is 209 Å². The van der Waals surface area contributed by atoms with E-state index in [0.717, 1.165) is 101 Å². The van der Waals surface area contributed by atoms with Crippen molar-refractivity contribution in [1.82, 2.24) is 24.6 Å². The molecule has 0 saturated carbocycles. The molecule has 0 fully saturated rings. The highest BCUT2D eigenvalue weighted by Crippen LogP contribution is 2.28. The summed E-state index contributed by atoms with van der Waals surface area (Å²) in [6, 6.07) is 0. The van der Waals surface area contributed by atoms with Crippen LogP contribution in [0.2, 0.25) is 0 Å². The number of ketones is 1. The number of hydrogen-bond acceptors (Lipinski definition) is 9. The topological polar surface area (TPSA) is 160 Å². The molecule has 0 spiro atoms. The van der Waals surface area contributed by atoms with Crippen LogP contribution in [0, 0.1) is 20.8 Å². The lowest BCUT2D eigenvalue weighted by Gasteiger charge is -2.20. The first kappa shape index (κ1) is 76.2. The molecule has 0 aliphatic rings. The van der Waals surface area contributed by atoms with E-state index in [9.17, 15) is 28.8 Å². The summed E-state index contributed by atoms with van der Waals surface area (Å²) in [5.74, 6) is 3.69. The molecule has 0 atom stereocenters. The molecule has 2 aromatic rings. The summed E-state index contributed by atoms with van der Waals surface area (Å²) in [6.07, 6.45) is 11.4.